The van der Waals surface area contributed by atoms with E-state index >= 15 is 0 Å². The maximum atomic E-state index is 13.5. The van der Waals surface area contributed by atoms with Crippen LogP contribution in [0.4, 0.5) is 0 Å². The van der Waals surface area contributed by atoms with Gasteiger partial charge in [0.25, 0.3) is 0 Å². The SMILES string of the molecule is C[SiH](C)OC[C@H]([C@@H]1C(=O)N(C(=O)C(=O)O)[C@@H]1[C@@H]1CCc2ccc(Br)cc2C1=O)C(C)(C)C. The summed E-state index contributed by atoms with van der Waals surface area (Å²) in [5.74, 6) is -5.15. The number of hydrogen-bond donors (Lipinski definition) is 1. The number of nitrogens with zero attached hydrogens (tertiary/aromatic N) is 1. The molecular weight excluding hydrogens is 494 g/mol. The molecule has 1 fully saturated rings. The number of amides is 2. The van der Waals surface area contributed by atoms with Crippen LogP contribution in [0, 0.1) is 23.2 Å². The van der Waals surface area contributed by atoms with E-state index in [9.17, 15) is 24.3 Å². The van der Waals surface area contributed by atoms with Crippen LogP contribution >= 0.6 is 15.9 Å². The van der Waals surface area contributed by atoms with Crippen molar-refractivity contribution in [2.45, 2.75) is 52.7 Å². The number of rotatable bonds is 5. The average molecular weight is 524 g/mol. The minimum absolute atomic E-state index is 0.148. The van der Waals surface area contributed by atoms with Crippen LogP contribution in [0.25, 0.3) is 0 Å². The zero-order valence-electron chi connectivity index (χ0n) is 19.1. The van der Waals surface area contributed by atoms with E-state index in [0.717, 1.165) is 14.9 Å². The van der Waals surface area contributed by atoms with Crippen molar-refractivity contribution in [2.75, 3.05) is 6.61 Å². The summed E-state index contributed by atoms with van der Waals surface area (Å²) in [5, 5.41) is 9.32. The van der Waals surface area contributed by atoms with Crippen LogP contribution in [0.15, 0.2) is 22.7 Å². The maximum absolute atomic E-state index is 13.5. The molecule has 4 atom stereocenters. The van der Waals surface area contributed by atoms with Crippen molar-refractivity contribution in [3.8, 4) is 0 Å². The summed E-state index contributed by atoms with van der Waals surface area (Å²) < 4.78 is 6.76. The highest BCUT2D eigenvalue weighted by atomic mass is 79.9. The van der Waals surface area contributed by atoms with Crippen LogP contribution in [0.3, 0.4) is 0 Å². The zero-order valence-corrected chi connectivity index (χ0v) is 21.8. The van der Waals surface area contributed by atoms with Crippen LogP contribution in [-0.2, 0) is 25.2 Å². The third-order valence-corrected chi connectivity index (χ3v) is 7.91. The molecule has 1 aromatic carbocycles. The zero-order chi connectivity index (χ0) is 24.0. The minimum atomic E-state index is -1.69. The Labute approximate surface area is 198 Å². The molecule has 3 rings (SSSR count). The average Bonchev–Trinajstić information content (AvgIpc) is 2.68. The minimum Gasteiger partial charge on any atom is -0.474 e. The van der Waals surface area contributed by atoms with Crippen LogP contribution < -0.4 is 0 Å². The number of β-lactam (4-membered cyclic amide) rings is 1. The lowest BCUT2D eigenvalue weighted by Gasteiger charge is -2.54. The lowest BCUT2D eigenvalue weighted by atomic mass is 9.61. The highest BCUT2D eigenvalue weighted by molar-refractivity contribution is 9.10. The Hall–Kier alpha value is -1.84. The van der Waals surface area contributed by atoms with Crippen LogP contribution in [0.1, 0.15) is 43.1 Å². The second-order valence-electron chi connectivity index (χ2n) is 10.0. The first-order valence-electron chi connectivity index (χ1n) is 10.9. The summed E-state index contributed by atoms with van der Waals surface area (Å²) >= 11 is 3.40. The predicted octanol–water partition coefficient (Wildman–Crippen LogP) is 3.29. The first-order valence-corrected chi connectivity index (χ1v) is 14.5. The smallest absolute Gasteiger partial charge is 0.395 e. The highest BCUT2D eigenvalue weighted by Crippen LogP contribution is 2.47. The molecule has 0 radical (unpaired) electrons. The molecule has 9 heteroatoms. The molecule has 2 amide bonds. The Morgan fingerprint density at radius 2 is 1.94 bits per heavy atom. The number of fused-ring (bicyclic) bond motifs is 1. The molecule has 174 valence electrons. The van der Waals surface area contributed by atoms with E-state index in [-0.39, 0.29) is 17.1 Å². The first kappa shape index (κ1) is 24.8. The monoisotopic (exact) mass is 523 g/mol. The normalized spacial score (nSPS) is 24.2. The largest absolute Gasteiger partial charge is 0.474 e. The Balaban J connectivity index is 2.02. The number of carbonyl (C=O) groups is 4. The molecule has 1 aliphatic heterocycles. The summed E-state index contributed by atoms with van der Waals surface area (Å²) in [6.07, 6.45) is 1.09. The number of benzene rings is 1. The molecule has 7 nitrogen and oxygen atoms in total. The number of likely N-dealkylation sites (tertiary alicyclic amines) is 1. The van der Waals surface area contributed by atoms with Crippen LogP contribution in [-0.4, -0.2) is 55.3 Å². The Morgan fingerprint density at radius 1 is 1.28 bits per heavy atom. The standard InChI is InChI=1S/C23H30BrNO6Si/c1-23(2,3)16(11-31-32(4)5)17-18(25(20(17)27)21(28)22(29)30)14-9-7-12-6-8-13(24)10-15(12)19(14)26/h6,8,10,14,16-18,32H,7,9,11H2,1-5H3,(H,29,30)/t14-,16+,17-,18+/m0/s1. The van der Waals surface area contributed by atoms with Crippen LogP contribution in [0.2, 0.25) is 13.1 Å². The van der Waals surface area contributed by atoms with Gasteiger partial charge < -0.3 is 9.53 Å². The maximum Gasteiger partial charge on any atom is 0.395 e. The van der Waals surface area contributed by atoms with Crippen molar-refractivity contribution < 1.29 is 28.7 Å². The number of ketones is 1. The fraction of sp³-hybridized carbons (Fsp3) is 0.565. The van der Waals surface area contributed by atoms with E-state index < -0.39 is 44.7 Å². The van der Waals surface area contributed by atoms with E-state index in [1.165, 1.54) is 0 Å². The summed E-state index contributed by atoms with van der Waals surface area (Å²) in [5.41, 5.74) is 1.16. The topological polar surface area (TPSA) is 101 Å². The molecule has 1 aromatic rings. The Kier molecular flexibility index (Phi) is 7.12. The summed E-state index contributed by atoms with van der Waals surface area (Å²) in [6.45, 7) is 10.4. The number of hydrogen-bond acceptors (Lipinski definition) is 5. The van der Waals surface area contributed by atoms with Crippen molar-refractivity contribution in [3.05, 3.63) is 33.8 Å². The molecule has 0 aromatic heterocycles. The van der Waals surface area contributed by atoms with Gasteiger partial charge in [-0.15, -0.1) is 0 Å². The van der Waals surface area contributed by atoms with Gasteiger partial charge in [-0.25, -0.2) is 4.79 Å². The molecule has 1 N–H and O–H groups in total. The highest BCUT2D eigenvalue weighted by Gasteiger charge is 2.61. The van der Waals surface area contributed by atoms with Crippen LogP contribution in [0.5, 0.6) is 0 Å². The van der Waals surface area contributed by atoms with Gasteiger partial charge in [0.1, 0.15) is 0 Å². The van der Waals surface area contributed by atoms with Crippen molar-refractivity contribution >= 4 is 48.5 Å². The van der Waals surface area contributed by atoms with Gasteiger partial charge in [-0.3, -0.25) is 19.3 Å². The molecule has 0 spiro atoms. The fourth-order valence-corrected chi connectivity index (χ4v) is 5.82. The van der Waals surface area contributed by atoms with Gasteiger partial charge in [0.05, 0.1) is 12.0 Å². The molecule has 32 heavy (non-hydrogen) atoms. The third kappa shape index (κ3) is 4.60. The second kappa shape index (κ2) is 9.19. The lowest BCUT2D eigenvalue weighted by Crippen LogP contribution is -2.71. The van der Waals surface area contributed by atoms with Gasteiger partial charge in [-0.05, 0) is 55.0 Å². The van der Waals surface area contributed by atoms with Gasteiger partial charge >= 0.3 is 11.9 Å². The molecule has 0 unspecified atom stereocenters. The molecule has 1 aliphatic carbocycles. The van der Waals surface area contributed by atoms with Gasteiger partial charge in [0, 0.05) is 22.6 Å². The van der Waals surface area contributed by atoms with Gasteiger partial charge in [0.15, 0.2) is 14.8 Å². The number of aliphatic carboxylic acids is 1. The molecule has 1 heterocycles. The number of imide groups is 1. The quantitative estimate of drug-likeness (QED) is 0.361. The van der Waals surface area contributed by atoms with Gasteiger partial charge in [-0.1, -0.05) is 42.8 Å². The van der Waals surface area contributed by atoms with E-state index in [4.69, 9.17) is 4.43 Å². The number of aryl methyl sites for hydroxylation is 1. The van der Waals surface area contributed by atoms with Crippen molar-refractivity contribution in [1.82, 2.24) is 4.90 Å². The van der Waals surface area contributed by atoms with Crippen molar-refractivity contribution in [1.29, 1.82) is 0 Å². The first-order chi connectivity index (χ1) is 14.8. The van der Waals surface area contributed by atoms with E-state index in [0.29, 0.717) is 25.0 Å². The summed E-state index contributed by atoms with van der Waals surface area (Å²) in [7, 11) is -1.37. The Bertz CT molecular complexity index is 956. The van der Waals surface area contributed by atoms with Crippen molar-refractivity contribution in [3.63, 3.8) is 0 Å². The number of Topliss-reactive ketones (excluding diaryl/α,β-unsaturated/α-hetero) is 1. The molecule has 2 aliphatic rings. The molecular formula is C23H30BrNO6Si. The number of carboxylic acid groups (broad SMARTS) is 1. The van der Waals surface area contributed by atoms with Crippen molar-refractivity contribution in [2.24, 2.45) is 23.2 Å². The summed E-state index contributed by atoms with van der Waals surface area (Å²) in [6, 6.07) is 4.76. The fourth-order valence-electron chi connectivity index (χ4n) is 4.86. The number of halogens is 1. The Morgan fingerprint density at radius 3 is 2.50 bits per heavy atom. The lowest BCUT2D eigenvalue weighted by molar-refractivity contribution is -0.182. The molecule has 1 saturated heterocycles. The van der Waals surface area contributed by atoms with E-state index in [1.807, 2.05) is 46.0 Å². The van der Waals surface area contributed by atoms with Gasteiger partial charge in [0.2, 0.25) is 5.91 Å². The van der Waals surface area contributed by atoms with E-state index in [2.05, 4.69) is 15.9 Å². The molecule has 0 saturated carbocycles. The summed E-state index contributed by atoms with van der Waals surface area (Å²) in [4.78, 5) is 51.4. The second-order valence-corrected chi connectivity index (χ2v) is 13.3. The van der Waals surface area contributed by atoms with Gasteiger partial charge in [-0.2, -0.15) is 0 Å². The third-order valence-electron chi connectivity index (χ3n) is 6.56. The molecule has 0 bridgehead atoms. The predicted molar refractivity (Wildman–Crippen MR) is 125 cm³/mol. The number of carboxylic acids is 1. The van der Waals surface area contributed by atoms with E-state index in [1.54, 1.807) is 6.07 Å². The number of carbonyl (C=O) groups excluding carboxylic acids is 3.